The van der Waals surface area contributed by atoms with Crippen molar-refractivity contribution in [3.05, 3.63) is 40.5 Å². The van der Waals surface area contributed by atoms with Crippen molar-refractivity contribution in [3.8, 4) is 0 Å². The molecule has 4 heterocycles. The van der Waals surface area contributed by atoms with E-state index in [9.17, 15) is 24.0 Å². The fraction of sp³-hybridized carbons (Fsp3) is 0.594. The highest BCUT2D eigenvalue weighted by Crippen LogP contribution is 2.55. The predicted octanol–water partition coefficient (Wildman–Crippen LogP) is 0.199. The van der Waals surface area contributed by atoms with E-state index in [0.717, 1.165) is 13.0 Å². The molecule has 0 spiro atoms. The Bertz CT molecular complexity index is 1510. The minimum atomic E-state index is -1.02. The van der Waals surface area contributed by atoms with Crippen molar-refractivity contribution >= 4 is 35.2 Å². The van der Waals surface area contributed by atoms with E-state index in [0.29, 0.717) is 68.0 Å². The molecule has 0 bridgehead atoms. The highest BCUT2D eigenvalue weighted by Gasteiger charge is 2.72. The number of nitrogens with two attached hydrogens (primary N) is 1. The van der Waals surface area contributed by atoms with E-state index in [2.05, 4.69) is 26.2 Å². The van der Waals surface area contributed by atoms with Gasteiger partial charge < -0.3 is 50.8 Å². The number of ketones is 2. The largest absolute Gasteiger partial charge is 0.449 e. The molecule has 6 N–H and O–H groups in total. The number of piperazine rings is 1. The van der Waals surface area contributed by atoms with Gasteiger partial charge in [0.05, 0.1) is 29.0 Å². The molecule has 4 atom stereocenters. The Kier molecular flexibility index (Phi) is 10.1. The molecule has 4 aliphatic rings. The lowest BCUT2D eigenvalue weighted by atomic mass is 9.82. The molecule has 47 heavy (non-hydrogen) atoms. The van der Waals surface area contributed by atoms with Crippen molar-refractivity contribution in [2.24, 2.45) is 18.7 Å². The molecule has 5 rings (SSSR count). The summed E-state index contributed by atoms with van der Waals surface area (Å²) in [6.45, 7) is 3.82. The number of carbonyl (C=O) groups is 5. The number of allylic oxidation sites excluding steroid dienone is 2. The number of anilines is 1. The van der Waals surface area contributed by atoms with Crippen molar-refractivity contribution in [1.29, 1.82) is 0 Å². The first-order valence-corrected chi connectivity index (χ1v) is 16.1. The molecule has 0 saturated carbocycles. The van der Waals surface area contributed by atoms with Crippen LogP contribution in [0.5, 0.6) is 0 Å². The van der Waals surface area contributed by atoms with Crippen LogP contribution in [-0.2, 0) is 30.9 Å². The number of hydrogen-bond donors (Lipinski definition) is 5. The lowest BCUT2D eigenvalue weighted by molar-refractivity contribution is -0.137. The first kappa shape index (κ1) is 34.1. The summed E-state index contributed by atoms with van der Waals surface area (Å²) in [5.74, 6) is -1.61. The van der Waals surface area contributed by atoms with E-state index in [-0.39, 0.29) is 53.3 Å². The Labute approximate surface area is 274 Å². The molecule has 2 fully saturated rings. The minimum absolute atomic E-state index is 0.111. The molecular weight excluding hydrogens is 608 g/mol. The minimum Gasteiger partial charge on any atom is -0.449 e. The Hall–Kier alpha value is -4.21. The van der Waals surface area contributed by atoms with E-state index in [1.54, 1.807) is 30.8 Å². The highest BCUT2D eigenvalue weighted by atomic mass is 16.6. The molecule has 15 heteroatoms. The Morgan fingerprint density at radius 1 is 1.13 bits per heavy atom. The fourth-order valence-electron chi connectivity index (χ4n) is 7.07. The molecule has 0 aromatic carbocycles. The Morgan fingerprint density at radius 2 is 1.89 bits per heavy atom. The quantitative estimate of drug-likeness (QED) is 0.0927. The van der Waals surface area contributed by atoms with Crippen molar-refractivity contribution in [2.75, 3.05) is 59.3 Å². The number of amides is 3. The van der Waals surface area contributed by atoms with Crippen LogP contribution in [-0.4, -0.2) is 116 Å². The maximum Gasteiger partial charge on any atom is 0.404 e. The molecule has 15 nitrogen and oxygen atoms in total. The number of fused-ring (bicyclic) bond motifs is 4. The number of carbonyl (C=O) groups excluding carboxylic acids is 5. The third-order valence-electron chi connectivity index (χ3n) is 9.40. The van der Waals surface area contributed by atoms with Gasteiger partial charge in [0.25, 0.3) is 5.91 Å². The zero-order chi connectivity index (χ0) is 34.0. The average molecular weight is 655 g/mol. The van der Waals surface area contributed by atoms with Crippen LogP contribution in [0.1, 0.15) is 49.5 Å². The van der Waals surface area contributed by atoms with Crippen LogP contribution in [0.3, 0.4) is 0 Å². The molecule has 1 aliphatic carbocycles. The van der Waals surface area contributed by atoms with Crippen LogP contribution in [0, 0.1) is 5.92 Å². The normalized spacial score (nSPS) is 24.4. The molecule has 0 unspecified atom stereocenters. The zero-order valence-electron chi connectivity index (χ0n) is 27.7. The monoisotopic (exact) mass is 654 g/mol. The summed E-state index contributed by atoms with van der Waals surface area (Å²) in [5, 5.41) is 12.3. The second-order valence-corrected chi connectivity index (χ2v) is 12.8. The highest BCUT2D eigenvalue weighted by molar-refractivity contribution is 6.25. The number of rotatable bonds is 16. The number of ether oxygens (including phenoxy) is 2. The van der Waals surface area contributed by atoms with Gasteiger partial charge in [-0.05, 0) is 52.9 Å². The zero-order valence-corrected chi connectivity index (χ0v) is 27.7. The van der Waals surface area contributed by atoms with Gasteiger partial charge in [0.15, 0.2) is 5.72 Å². The molecule has 0 radical (unpaired) electrons. The fourth-order valence-corrected chi connectivity index (χ4v) is 7.07. The topological polar surface area (TPSA) is 199 Å². The number of primary amides is 1. The maximum atomic E-state index is 13.9. The van der Waals surface area contributed by atoms with Gasteiger partial charge in [0, 0.05) is 63.6 Å². The van der Waals surface area contributed by atoms with Crippen LogP contribution in [0.25, 0.3) is 0 Å². The first-order valence-electron chi connectivity index (χ1n) is 16.1. The third-order valence-corrected chi connectivity index (χ3v) is 9.40. The lowest BCUT2D eigenvalue weighted by Gasteiger charge is -2.39. The molecule has 1 aromatic rings. The second-order valence-electron chi connectivity index (χ2n) is 12.8. The average Bonchev–Trinajstić information content (AvgIpc) is 3.45. The summed E-state index contributed by atoms with van der Waals surface area (Å²) in [6, 6.07) is 1.67. The molecule has 3 aliphatic heterocycles. The summed E-state index contributed by atoms with van der Waals surface area (Å²) in [4.78, 5) is 68.0. The lowest BCUT2D eigenvalue weighted by Crippen LogP contribution is -2.55. The number of unbranched alkanes of at least 4 members (excludes halogenated alkanes) is 2. The summed E-state index contributed by atoms with van der Waals surface area (Å²) in [6.07, 6.45) is 3.87. The van der Waals surface area contributed by atoms with Crippen molar-refractivity contribution in [1.82, 2.24) is 30.3 Å². The van der Waals surface area contributed by atoms with Gasteiger partial charge in [-0.3, -0.25) is 19.2 Å². The maximum absolute atomic E-state index is 13.9. The van der Waals surface area contributed by atoms with Gasteiger partial charge in [0.2, 0.25) is 17.5 Å². The number of nitrogens with one attached hydrogen (secondary N) is 4. The molecule has 2 saturated heterocycles. The molecule has 256 valence electrons. The number of aryl methyl sites for hydroxylation is 1. The van der Waals surface area contributed by atoms with Crippen molar-refractivity contribution < 1.29 is 33.4 Å². The standard InChI is InChI=1S/C32H46N8O7/c1-18-25(28(43)24-20(17-47-31(33)45)32(46-5)29-21(37-29)16-40(32)26(24)27(18)42)34-11-8-6-7-10-23(41)36-19-14-22(39(4)15-19)30(44)35-12-9-13-38(2)3/h14-15,20-21,29,34,37H,6-13,16-17H2,1-5H3,(H2,33,45)(H,35,44)(H,36,41)/t20-,21+,29+,32-/m1/s1. The predicted molar refractivity (Wildman–Crippen MR) is 172 cm³/mol. The van der Waals surface area contributed by atoms with Crippen LogP contribution in [0.15, 0.2) is 34.8 Å². The van der Waals surface area contributed by atoms with Crippen molar-refractivity contribution in [2.45, 2.75) is 56.8 Å². The van der Waals surface area contributed by atoms with E-state index in [4.69, 9.17) is 15.2 Å². The number of methoxy groups -OCH3 is 1. The van der Waals surface area contributed by atoms with E-state index in [1.165, 1.54) is 7.11 Å². The summed E-state index contributed by atoms with van der Waals surface area (Å²) < 4.78 is 12.8. The SMILES string of the molecule is CO[C@@]12[C@H](COC(N)=O)C3=C(C(=O)C(C)=C(NCCCCCC(=O)Nc4cc(C(=O)NCCCN(C)C)n(C)c4)C3=O)N1C[C@@H]1N[C@@H]12. The van der Waals surface area contributed by atoms with Gasteiger partial charge >= 0.3 is 6.09 Å². The van der Waals surface area contributed by atoms with Crippen LogP contribution in [0.2, 0.25) is 0 Å². The second kappa shape index (κ2) is 13.9. The summed E-state index contributed by atoms with van der Waals surface area (Å²) in [7, 11) is 7.26. The van der Waals surface area contributed by atoms with Crippen LogP contribution in [0.4, 0.5) is 10.5 Å². The molecule has 1 aromatic heterocycles. The van der Waals surface area contributed by atoms with E-state index >= 15 is 0 Å². The number of Topliss-reactive ketones (excluding diaryl/α,β-unsaturated/α-hetero) is 2. The Morgan fingerprint density at radius 3 is 2.60 bits per heavy atom. The number of hydrogen-bond acceptors (Lipinski definition) is 11. The van der Waals surface area contributed by atoms with Crippen LogP contribution < -0.4 is 27.0 Å². The summed E-state index contributed by atoms with van der Waals surface area (Å²) in [5.41, 5.74) is 6.41. The van der Waals surface area contributed by atoms with Gasteiger partial charge in [0.1, 0.15) is 12.3 Å². The number of nitrogens with zero attached hydrogens (tertiary/aromatic N) is 3. The van der Waals surface area contributed by atoms with Crippen molar-refractivity contribution in [3.63, 3.8) is 0 Å². The van der Waals surface area contributed by atoms with Crippen LogP contribution >= 0.6 is 0 Å². The Balaban J connectivity index is 1.09. The van der Waals surface area contributed by atoms with Gasteiger partial charge in [-0.25, -0.2) is 4.79 Å². The molecular formula is C32H46N8O7. The van der Waals surface area contributed by atoms with Gasteiger partial charge in [-0.2, -0.15) is 0 Å². The smallest absolute Gasteiger partial charge is 0.404 e. The van der Waals surface area contributed by atoms with E-state index < -0.39 is 17.7 Å². The first-order chi connectivity index (χ1) is 22.4. The van der Waals surface area contributed by atoms with E-state index in [1.807, 2.05) is 19.0 Å². The summed E-state index contributed by atoms with van der Waals surface area (Å²) >= 11 is 0. The van der Waals surface area contributed by atoms with Gasteiger partial charge in [-0.15, -0.1) is 0 Å². The molecule has 3 amide bonds. The number of aromatic nitrogens is 1. The third kappa shape index (κ3) is 6.64. The van der Waals surface area contributed by atoms with Gasteiger partial charge in [-0.1, -0.05) is 6.42 Å².